The molecule has 0 aliphatic carbocycles. The van der Waals surface area contributed by atoms with Crippen LogP contribution in [0.1, 0.15) is 18.1 Å². The monoisotopic (exact) mass is 412 g/mol. The Morgan fingerprint density at radius 1 is 1.10 bits per heavy atom. The molecule has 3 rings (SSSR count). The molecule has 1 aromatic carbocycles. The molecule has 1 saturated heterocycles. The Morgan fingerprint density at radius 3 is 2.50 bits per heavy atom. The molecule has 0 bridgehead atoms. The minimum atomic E-state index is -0.272. The number of ether oxygens (including phenoxy) is 2. The van der Waals surface area contributed by atoms with Crippen molar-refractivity contribution in [2.75, 3.05) is 50.1 Å². The summed E-state index contributed by atoms with van der Waals surface area (Å²) in [6.45, 7) is 7.86. The largest absolute Gasteiger partial charge is 0.483 e. The van der Waals surface area contributed by atoms with E-state index in [1.807, 2.05) is 36.9 Å². The second-order valence-corrected chi connectivity index (χ2v) is 7.32. The van der Waals surface area contributed by atoms with Crippen LogP contribution >= 0.6 is 0 Å². The summed E-state index contributed by atoms with van der Waals surface area (Å²) in [4.78, 5) is 32.5. The summed E-state index contributed by atoms with van der Waals surface area (Å²) < 4.78 is 11.0. The quantitative estimate of drug-likeness (QED) is 0.784. The Balaban J connectivity index is 1.70. The molecule has 8 heteroatoms. The van der Waals surface area contributed by atoms with Crippen LogP contribution in [0.3, 0.4) is 0 Å². The van der Waals surface area contributed by atoms with Gasteiger partial charge in [0, 0.05) is 39.2 Å². The second-order valence-electron chi connectivity index (χ2n) is 7.32. The standard InChI is InChI=1S/C22H28N4O4/c1-15-5-6-16(2)19(13-15)30-14-20(28)23-18-7-8-21(29-4)24-22(18)26-11-9-25(10-12-26)17(3)27/h5-8,13H,9-12,14H2,1-4H3,(H,23,28). The molecule has 8 nitrogen and oxygen atoms in total. The molecular formula is C22H28N4O4. The number of aryl methyl sites for hydroxylation is 2. The average Bonchev–Trinajstić information content (AvgIpc) is 2.74. The Hall–Kier alpha value is -3.29. The van der Waals surface area contributed by atoms with Gasteiger partial charge in [-0.15, -0.1) is 0 Å². The fourth-order valence-electron chi connectivity index (χ4n) is 3.31. The number of nitrogens with zero attached hydrogens (tertiary/aromatic N) is 3. The molecule has 1 aliphatic rings. The molecule has 0 spiro atoms. The highest BCUT2D eigenvalue weighted by Gasteiger charge is 2.23. The number of rotatable bonds is 6. The summed E-state index contributed by atoms with van der Waals surface area (Å²) in [7, 11) is 1.55. The third-order valence-corrected chi connectivity index (χ3v) is 5.06. The van der Waals surface area contributed by atoms with Gasteiger partial charge in [0.1, 0.15) is 5.75 Å². The van der Waals surface area contributed by atoms with E-state index in [-0.39, 0.29) is 18.4 Å². The van der Waals surface area contributed by atoms with Gasteiger partial charge in [0.05, 0.1) is 12.8 Å². The maximum absolute atomic E-state index is 12.5. The zero-order valence-electron chi connectivity index (χ0n) is 17.9. The summed E-state index contributed by atoms with van der Waals surface area (Å²) in [6.07, 6.45) is 0. The maximum Gasteiger partial charge on any atom is 0.262 e. The number of hydrogen-bond acceptors (Lipinski definition) is 6. The lowest BCUT2D eigenvalue weighted by atomic mass is 10.1. The van der Waals surface area contributed by atoms with Crippen molar-refractivity contribution in [3.63, 3.8) is 0 Å². The van der Waals surface area contributed by atoms with Crippen LogP contribution in [0.4, 0.5) is 11.5 Å². The second kappa shape index (κ2) is 9.47. The van der Waals surface area contributed by atoms with Crippen molar-refractivity contribution in [1.82, 2.24) is 9.88 Å². The van der Waals surface area contributed by atoms with Crippen LogP contribution in [-0.2, 0) is 9.59 Å². The summed E-state index contributed by atoms with van der Waals surface area (Å²) in [5.41, 5.74) is 2.63. The van der Waals surface area contributed by atoms with Gasteiger partial charge in [0.25, 0.3) is 5.91 Å². The van der Waals surface area contributed by atoms with Crippen molar-refractivity contribution < 1.29 is 19.1 Å². The number of pyridine rings is 1. The normalized spacial score (nSPS) is 13.7. The van der Waals surface area contributed by atoms with Gasteiger partial charge in [-0.25, -0.2) is 0 Å². The van der Waals surface area contributed by atoms with Crippen LogP contribution in [0.25, 0.3) is 0 Å². The van der Waals surface area contributed by atoms with E-state index >= 15 is 0 Å². The molecule has 0 atom stereocenters. The Morgan fingerprint density at radius 2 is 1.83 bits per heavy atom. The van der Waals surface area contributed by atoms with Crippen molar-refractivity contribution in [3.8, 4) is 11.6 Å². The number of hydrogen-bond donors (Lipinski definition) is 1. The van der Waals surface area contributed by atoms with Gasteiger partial charge in [-0.05, 0) is 37.1 Å². The number of anilines is 2. The molecule has 0 saturated carbocycles. The van der Waals surface area contributed by atoms with E-state index in [4.69, 9.17) is 9.47 Å². The molecule has 1 N–H and O–H groups in total. The van der Waals surface area contributed by atoms with E-state index in [0.717, 1.165) is 11.1 Å². The van der Waals surface area contributed by atoms with Crippen LogP contribution in [0, 0.1) is 13.8 Å². The van der Waals surface area contributed by atoms with E-state index in [1.165, 1.54) is 0 Å². The highest BCUT2D eigenvalue weighted by molar-refractivity contribution is 5.94. The first-order valence-electron chi connectivity index (χ1n) is 9.93. The van der Waals surface area contributed by atoms with E-state index in [1.54, 1.807) is 31.1 Å². The van der Waals surface area contributed by atoms with Crippen molar-refractivity contribution in [2.24, 2.45) is 0 Å². The molecule has 2 aromatic rings. The minimum absolute atomic E-state index is 0.0605. The van der Waals surface area contributed by atoms with Crippen LogP contribution in [0.5, 0.6) is 11.6 Å². The zero-order chi connectivity index (χ0) is 21.7. The summed E-state index contributed by atoms with van der Waals surface area (Å²) in [5.74, 6) is 1.57. The van der Waals surface area contributed by atoms with Gasteiger partial charge < -0.3 is 24.6 Å². The molecule has 2 heterocycles. The van der Waals surface area contributed by atoms with Gasteiger partial charge in [0.2, 0.25) is 11.8 Å². The molecule has 0 radical (unpaired) electrons. The van der Waals surface area contributed by atoms with Crippen molar-refractivity contribution >= 4 is 23.3 Å². The molecule has 30 heavy (non-hydrogen) atoms. The molecule has 1 aliphatic heterocycles. The first-order chi connectivity index (χ1) is 14.4. The molecule has 1 fully saturated rings. The smallest absolute Gasteiger partial charge is 0.262 e. The van der Waals surface area contributed by atoms with Crippen LogP contribution < -0.4 is 19.7 Å². The SMILES string of the molecule is COc1ccc(NC(=O)COc2cc(C)ccc2C)c(N2CCN(C(C)=O)CC2)n1. The predicted molar refractivity (Wildman–Crippen MR) is 115 cm³/mol. The van der Waals surface area contributed by atoms with Gasteiger partial charge in [-0.3, -0.25) is 9.59 Å². The van der Waals surface area contributed by atoms with E-state index in [9.17, 15) is 9.59 Å². The number of carbonyl (C=O) groups excluding carboxylic acids is 2. The van der Waals surface area contributed by atoms with Gasteiger partial charge >= 0.3 is 0 Å². The third kappa shape index (κ3) is 5.20. The fraction of sp³-hybridized carbons (Fsp3) is 0.409. The van der Waals surface area contributed by atoms with Gasteiger partial charge in [0.15, 0.2) is 12.4 Å². The van der Waals surface area contributed by atoms with Crippen LogP contribution in [0.15, 0.2) is 30.3 Å². The van der Waals surface area contributed by atoms with Gasteiger partial charge in [-0.1, -0.05) is 12.1 Å². The third-order valence-electron chi connectivity index (χ3n) is 5.06. The zero-order valence-corrected chi connectivity index (χ0v) is 17.9. The Labute approximate surface area is 176 Å². The van der Waals surface area contributed by atoms with Crippen molar-refractivity contribution in [3.05, 3.63) is 41.5 Å². The summed E-state index contributed by atoms with van der Waals surface area (Å²) >= 11 is 0. The number of carbonyl (C=O) groups is 2. The highest BCUT2D eigenvalue weighted by atomic mass is 16.5. The topological polar surface area (TPSA) is 84.0 Å². The number of methoxy groups -OCH3 is 1. The molecular weight excluding hydrogens is 384 g/mol. The molecule has 2 amide bonds. The van der Waals surface area contributed by atoms with Crippen molar-refractivity contribution in [2.45, 2.75) is 20.8 Å². The van der Waals surface area contributed by atoms with Crippen molar-refractivity contribution in [1.29, 1.82) is 0 Å². The number of amides is 2. The number of piperazine rings is 1. The minimum Gasteiger partial charge on any atom is -0.483 e. The Kier molecular flexibility index (Phi) is 6.76. The molecule has 1 aromatic heterocycles. The first-order valence-corrected chi connectivity index (χ1v) is 9.93. The number of benzene rings is 1. The summed E-state index contributed by atoms with van der Waals surface area (Å²) in [6, 6.07) is 9.36. The predicted octanol–water partition coefficient (Wildman–Crippen LogP) is 2.39. The van der Waals surface area contributed by atoms with Crippen LogP contribution in [-0.4, -0.2) is 61.6 Å². The van der Waals surface area contributed by atoms with E-state index in [2.05, 4.69) is 10.3 Å². The highest BCUT2D eigenvalue weighted by Crippen LogP contribution is 2.28. The number of nitrogens with one attached hydrogen (secondary N) is 1. The lowest BCUT2D eigenvalue weighted by molar-refractivity contribution is -0.129. The van der Waals surface area contributed by atoms with Gasteiger partial charge in [-0.2, -0.15) is 4.98 Å². The first kappa shape index (κ1) is 21.4. The molecule has 160 valence electrons. The maximum atomic E-state index is 12.5. The van der Waals surface area contributed by atoms with E-state index in [0.29, 0.717) is 49.3 Å². The lowest BCUT2D eigenvalue weighted by Crippen LogP contribution is -2.48. The average molecular weight is 412 g/mol. The van der Waals surface area contributed by atoms with Crippen LogP contribution in [0.2, 0.25) is 0 Å². The fourth-order valence-corrected chi connectivity index (χ4v) is 3.31. The molecule has 0 unspecified atom stereocenters. The van der Waals surface area contributed by atoms with E-state index < -0.39 is 0 Å². The number of aromatic nitrogens is 1. The summed E-state index contributed by atoms with van der Waals surface area (Å²) in [5, 5.41) is 2.89. The Bertz CT molecular complexity index is 923. The lowest BCUT2D eigenvalue weighted by Gasteiger charge is -2.35.